The molecular weight excluding hydrogens is 508 g/mol. The van der Waals surface area contributed by atoms with Crippen LogP contribution < -0.4 is 5.69 Å². The average Bonchev–Trinajstić information content (AvgIpc) is 3.73. The molecule has 0 radical (unpaired) electrons. The SMILES string of the molecule is CCCCc1cn(-c2c(C(=O)OC)ccn2CCC)c(=O)n1Cc1cc(-c2cccc(-c3nnn[nH]3)c2)ccn1. The molecule has 0 aliphatic carbocycles. The second-order valence-corrected chi connectivity index (χ2v) is 9.57. The van der Waals surface area contributed by atoms with Crippen molar-refractivity contribution in [2.75, 3.05) is 7.11 Å². The number of nitrogens with one attached hydrogen (secondary N) is 1. The van der Waals surface area contributed by atoms with Gasteiger partial charge in [0.15, 0.2) is 5.82 Å². The number of carbonyl (C=O) groups is 1. The van der Waals surface area contributed by atoms with Gasteiger partial charge in [0, 0.05) is 36.4 Å². The minimum atomic E-state index is -0.475. The van der Waals surface area contributed by atoms with Crippen LogP contribution in [0, 0.1) is 0 Å². The van der Waals surface area contributed by atoms with Crippen molar-refractivity contribution in [3.05, 3.63) is 88.5 Å². The number of ether oxygens (including phenoxy) is 1. The number of pyridine rings is 1. The molecule has 0 saturated carbocycles. The summed E-state index contributed by atoms with van der Waals surface area (Å²) in [5, 5.41) is 14.1. The number of tetrazole rings is 1. The van der Waals surface area contributed by atoms with E-state index in [0.717, 1.165) is 53.8 Å². The van der Waals surface area contributed by atoms with Crippen molar-refractivity contribution in [2.45, 2.75) is 52.6 Å². The van der Waals surface area contributed by atoms with Crippen molar-refractivity contribution in [3.63, 3.8) is 0 Å². The third-order valence-corrected chi connectivity index (χ3v) is 6.83. The number of aromatic nitrogens is 8. The lowest BCUT2D eigenvalue weighted by atomic mass is 10.0. The first-order chi connectivity index (χ1) is 19.5. The summed E-state index contributed by atoms with van der Waals surface area (Å²) in [6, 6.07) is 13.5. The Hall–Kier alpha value is -4.80. The zero-order valence-corrected chi connectivity index (χ0v) is 22.9. The van der Waals surface area contributed by atoms with Crippen LogP contribution in [0.25, 0.3) is 28.3 Å². The molecule has 206 valence electrons. The van der Waals surface area contributed by atoms with E-state index in [1.807, 2.05) is 53.4 Å². The van der Waals surface area contributed by atoms with E-state index in [1.165, 1.54) is 7.11 Å². The highest BCUT2D eigenvalue weighted by molar-refractivity contribution is 5.93. The Morgan fingerprint density at radius 1 is 1.05 bits per heavy atom. The number of rotatable bonds is 11. The number of aromatic amines is 1. The normalized spacial score (nSPS) is 11.2. The number of carbonyl (C=O) groups excluding carboxylic acids is 1. The Labute approximate surface area is 231 Å². The van der Waals surface area contributed by atoms with Crippen LogP contribution in [0.3, 0.4) is 0 Å². The molecule has 11 heteroatoms. The molecule has 0 saturated heterocycles. The summed E-state index contributed by atoms with van der Waals surface area (Å²) in [6.45, 7) is 5.14. The molecule has 0 spiro atoms. The van der Waals surface area contributed by atoms with E-state index < -0.39 is 5.97 Å². The van der Waals surface area contributed by atoms with E-state index in [2.05, 4.69) is 39.5 Å². The number of H-pyrrole nitrogens is 1. The number of methoxy groups -OCH3 is 1. The summed E-state index contributed by atoms with van der Waals surface area (Å²) < 4.78 is 10.3. The van der Waals surface area contributed by atoms with Crippen LogP contribution in [0.2, 0.25) is 0 Å². The largest absolute Gasteiger partial charge is 0.465 e. The molecule has 5 aromatic rings. The van der Waals surface area contributed by atoms with Gasteiger partial charge in [-0.1, -0.05) is 38.5 Å². The molecule has 0 unspecified atom stereocenters. The molecule has 0 amide bonds. The third-order valence-electron chi connectivity index (χ3n) is 6.83. The van der Waals surface area contributed by atoms with E-state index in [4.69, 9.17) is 4.74 Å². The van der Waals surface area contributed by atoms with Gasteiger partial charge in [-0.15, -0.1) is 5.10 Å². The van der Waals surface area contributed by atoms with Crippen LogP contribution in [0.5, 0.6) is 0 Å². The van der Waals surface area contributed by atoms with E-state index >= 15 is 0 Å². The van der Waals surface area contributed by atoms with Crippen molar-refractivity contribution >= 4 is 5.97 Å². The van der Waals surface area contributed by atoms with Gasteiger partial charge in [-0.3, -0.25) is 14.1 Å². The van der Waals surface area contributed by atoms with E-state index in [0.29, 0.717) is 30.3 Å². The zero-order valence-electron chi connectivity index (χ0n) is 22.9. The lowest BCUT2D eigenvalue weighted by molar-refractivity contribution is 0.0600. The van der Waals surface area contributed by atoms with Crippen LogP contribution in [0.1, 0.15) is 54.9 Å². The fourth-order valence-corrected chi connectivity index (χ4v) is 4.86. The van der Waals surface area contributed by atoms with Gasteiger partial charge >= 0.3 is 11.7 Å². The number of benzene rings is 1. The smallest absolute Gasteiger partial charge is 0.341 e. The highest BCUT2D eigenvalue weighted by Gasteiger charge is 2.22. The maximum absolute atomic E-state index is 13.9. The molecule has 1 aromatic carbocycles. The molecular formula is C29H32N8O3. The summed E-state index contributed by atoms with van der Waals surface area (Å²) in [5.41, 5.74) is 4.59. The van der Waals surface area contributed by atoms with E-state index in [1.54, 1.807) is 21.4 Å². The van der Waals surface area contributed by atoms with Crippen molar-refractivity contribution < 1.29 is 9.53 Å². The molecule has 4 aromatic heterocycles. The summed E-state index contributed by atoms with van der Waals surface area (Å²) in [6.07, 6.45) is 8.94. The molecule has 0 bridgehead atoms. The van der Waals surface area contributed by atoms with Crippen LogP contribution in [-0.4, -0.2) is 52.4 Å². The monoisotopic (exact) mass is 540 g/mol. The molecule has 0 aliphatic heterocycles. The molecule has 4 heterocycles. The number of imidazole rings is 1. The van der Waals surface area contributed by atoms with Crippen molar-refractivity contribution in [1.29, 1.82) is 0 Å². The number of aryl methyl sites for hydroxylation is 2. The minimum Gasteiger partial charge on any atom is -0.465 e. The summed E-state index contributed by atoms with van der Waals surface area (Å²) >= 11 is 0. The quantitative estimate of drug-likeness (QED) is 0.248. The number of hydrogen-bond acceptors (Lipinski definition) is 7. The highest BCUT2D eigenvalue weighted by Crippen LogP contribution is 2.25. The van der Waals surface area contributed by atoms with Gasteiger partial charge in [0.05, 0.1) is 19.3 Å². The van der Waals surface area contributed by atoms with Crippen molar-refractivity contribution in [1.82, 2.24) is 39.3 Å². The second kappa shape index (κ2) is 11.9. The van der Waals surface area contributed by atoms with Gasteiger partial charge in [-0.25, -0.2) is 14.7 Å². The standard InChI is InChI=1S/C29H32N8O3/c1-4-6-10-24-19-37(27-25(28(38)40-3)12-15-35(27)14-5-2)29(39)36(24)18-23-17-21(11-13-30-23)20-8-7-9-22(16-20)26-31-33-34-32-26/h7-9,11-13,15-17,19H,4-6,10,14,18H2,1-3H3,(H,31,32,33,34). The van der Waals surface area contributed by atoms with Crippen molar-refractivity contribution in [3.8, 4) is 28.3 Å². The van der Waals surface area contributed by atoms with Crippen LogP contribution in [0.15, 0.2) is 65.8 Å². The molecule has 40 heavy (non-hydrogen) atoms. The maximum atomic E-state index is 13.9. The molecule has 11 nitrogen and oxygen atoms in total. The van der Waals surface area contributed by atoms with Gasteiger partial charge in [0.2, 0.25) is 0 Å². The molecule has 0 atom stereocenters. The van der Waals surface area contributed by atoms with Crippen molar-refractivity contribution in [2.24, 2.45) is 0 Å². The van der Waals surface area contributed by atoms with Gasteiger partial charge < -0.3 is 9.30 Å². The number of unbranched alkanes of at least 4 members (excludes halogenated alkanes) is 1. The summed E-state index contributed by atoms with van der Waals surface area (Å²) in [4.78, 5) is 31.1. The van der Waals surface area contributed by atoms with Gasteiger partial charge in [-0.05, 0) is 65.1 Å². The topological polar surface area (TPSA) is 126 Å². The zero-order chi connectivity index (χ0) is 28.1. The Balaban J connectivity index is 1.54. The lowest BCUT2D eigenvalue weighted by Crippen LogP contribution is -2.27. The molecule has 0 fully saturated rings. The maximum Gasteiger partial charge on any atom is 0.341 e. The van der Waals surface area contributed by atoms with Gasteiger partial charge in [0.1, 0.15) is 11.4 Å². The fourth-order valence-electron chi connectivity index (χ4n) is 4.86. The number of esters is 1. The van der Waals surface area contributed by atoms with Crippen LogP contribution in [0.4, 0.5) is 0 Å². The number of nitrogens with zero attached hydrogens (tertiary/aromatic N) is 7. The highest BCUT2D eigenvalue weighted by atomic mass is 16.5. The predicted molar refractivity (Wildman–Crippen MR) is 150 cm³/mol. The van der Waals surface area contributed by atoms with E-state index in [-0.39, 0.29) is 5.69 Å². The third kappa shape index (κ3) is 5.35. The summed E-state index contributed by atoms with van der Waals surface area (Å²) in [7, 11) is 1.35. The van der Waals surface area contributed by atoms with E-state index in [9.17, 15) is 9.59 Å². The van der Waals surface area contributed by atoms with Crippen LogP contribution in [-0.2, 0) is 24.2 Å². The minimum absolute atomic E-state index is 0.223. The van der Waals surface area contributed by atoms with Gasteiger partial charge in [0.25, 0.3) is 0 Å². The Bertz CT molecular complexity index is 1660. The molecule has 0 aliphatic rings. The van der Waals surface area contributed by atoms with Gasteiger partial charge in [-0.2, -0.15) is 0 Å². The number of hydrogen-bond donors (Lipinski definition) is 1. The Morgan fingerprint density at radius 2 is 1.88 bits per heavy atom. The second-order valence-electron chi connectivity index (χ2n) is 9.57. The first-order valence-corrected chi connectivity index (χ1v) is 13.4. The van der Waals surface area contributed by atoms with Crippen LogP contribution >= 0.6 is 0 Å². The predicted octanol–water partition coefficient (Wildman–Crippen LogP) is 4.27. The first kappa shape index (κ1) is 26.8. The fraction of sp³-hybridized carbons (Fsp3) is 0.310. The Kier molecular flexibility index (Phi) is 7.99. The Morgan fingerprint density at radius 3 is 2.62 bits per heavy atom. The summed E-state index contributed by atoms with van der Waals surface area (Å²) in [5.74, 6) is 0.636. The molecule has 5 rings (SSSR count). The molecule has 1 N–H and O–H groups in total. The lowest BCUT2D eigenvalue weighted by Gasteiger charge is -2.10. The average molecular weight is 541 g/mol. The first-order valence-electron chi connectivity index (χ1n) is 13.4.